The Balaban J connectivity index is 2.42. The van der Waals surface area contributed by atoms with Crippen LogP contribution >= 0.6 is 11.6 Å². The van der Waals surface area contributed by atoms with E-state index in [1.807, 2.05) is 33.8 Å². The van der Waals surface area contributed by atoms with Crippen molar-refractivity contribution in [2.75, 3.05) is 6.54 Å². The van der Waals surface area contributed by atoms with E-state index in [1.54, 1.807) is 13.0 Å². The minimum absolute atomic E-state index is 0.222. The highest BCUT2D eigenvalue weighted by Crippen LogP contribution is 2.40. The monoisotopic (exact) mass is 368 g/mol. The first kappa shape index (κ1) is 18.9. The van der Waals surface area contributed by atoms with E-state index < -0.39 is 21.7 Å². The summed E-state index contributed by atoms with van der Waals surface area (Å²) in [5, 5.41) is 4.20. The molecule has 0 amide bonds. The van der Waals surface area contributed by atoms with Crippen LogP contribution in [0.15, 0.2) is 21.6 Å². The molecule has 0 N–H and O–H groups in total. The van der Waals surface area contributed by atoms with Crippen molar-refractivity contribution in [3.05, 3.63) is 38.7 Å². The second kappa shape index (κ2) is 6.84. The molecule has 0 saturated carbocycles. The Kier molecular flexibility index (Phi) is 5.40. The molecule has 1 aromatic carbocycles. The molecule has 1 aromatic rings. The van der Waals surface area contributed by atoms with Crippen molar-refractivity contribution >= 4 is 28.7 Å². The lowest BCUT2D eigenvalue weighted by molar-refractivity contribution is 0.125. The van der Waals surface area contributed by atoms with Gasteiger partial charge in [-0.25, -0.2) is 0 Å². The summed E-state index contributed by atoms with van der Waals surface area (Å²) >= 11 is 4.86. The van der Waals surface area contributed by atoms with Crippen LogP contribution in [-0.4, -0.2) is 27.2 Å². The van der Waals surface area contributed by atoms with E-state index in [2.05, 4.69) is 14.4 Å². The normalized spacial score (nSPS) is 21.7. The number of nitrogens with zero attached hydrogens (tertiary/aromatic N) is 4. The Morgan fingerprint density at radius 3 is 2.75 bits per heavy atom. The van der Waals surface area contributed by atoms with Crippen LogP contribution < -0.4 is 4.74 Å². The van der Waals surface area contributed by atoms with Crippen LogP contribution in [0, 0.1) is 0 Å². The maximum absolute atomic E-state index is 12.3. The summed E-state index contributed by atoms with van der Waals surface area (Å²) in [6.45, 7) is 9.52. The fourth-order valence-corrected chi connectivity index (χ4v) is 3.30. The zero-order valence-electron chi connectivity index (χ0n) is 14.5. The Bertz CT molecular complexity index is 726. The molecule has 0 spiro atoms. The van der Waals surface area contributed by atoms with Crippen LogP contribution in [0.2, 0.25) is 5.02 Å². The molecule has 0 aliphatic carbocycles. The minimum atomic E-state index is -1.37. The summed E-state index contributed by atoms with van der Waals surface area (Å²) in [7, 11) is 0. The van der Waals surface area contributed by atoms with E-state index in [0.29, 0.717) is 22.9 Å². The van der Waals surface area contributed by atoms with Crippen LogP contribution in [0.3, 0.4) is 0 Å². The molecule has 2 atom stereocenters. The number of hydrogen-bond donors (Lipinski definition) is 0. The van der Waals surface area contributed by atoms with Gasteiger partial charge in [-0.3, -0.25) is 0 Å². The minimum Gasteiger partial charge on any atom is -0.591 e. The Hall–Kier alpha value is -1.40. The third-order valence-electron chi connectivity index (χ3n) is 3.65. The van der Waals surface area contributed by atoms with E-state index in [-0.39, 0.29) is 6.54 Å². The lowest BCUT2D eigenvalue weighted by Crippen LogP contribution is -2.33. The Labute approximate surface area is 150 Å². The summed E-state index contributed by atoms with van der Waals surface area (Å²) in [5.41, 5.74) is 10.2. The van der Waals surface area contributed by atoms with E-state index in [4.69, 9.17) is 21.9 Å². The zero-order chi connectivity index (χ0) is 18.1. The summed E-state index contributed by atoms with van der Waals surface area (Å²) in [4.78, 5) is 2.80. The zero-order valence-corrected chi connectivity index (χ0v) is 16.0. The first-order valence-electron chi connectivity index (χ1n) is 7.56. The Morgan fingerprint density at radius 1 is 1.50 bits per heavy atom. The van der Waals surface area contributed by atoms with Crippen LogP contribution in [0.25, 0.3) is 10.4 Å². The first-order chi connectivity index (χ1) is 11.1. The summed E-state index contributed by atoms with van der Waals surface area (Å²) in [6.07, 6.45) is 0.588. The quantitative estimate of drug-likeness (QED) is 0.255. The number of benzene rings is 1. The number of hydrogen-bond acceptors (Lipinski definition) is 4. The summed E-state index contributed by atoms with van der Waals surface area (Å²) in [5.74, 6) is 0.669. The lowest BCUT2D eigenvalue weighted by atomic mass is 9.98. The lowest BCUT2D eigenvalue weighted by Gasteiger charge is -2.22. The molecule has 130 valence electrons. The van der Waals surface area contributed by atoms with Gasteiger partial charge < -0.3 is 9.29 Å². The molecular weight excluding hydrogens is 348 g/mol. The van der Waals surface area contributed by atoms with Gasteiger partial charge in [-0.2, -0.15) is 0 Å². The second-order valence-electron chi connectivity index (χ2n) is 7.10. The van der Waals surface area contributed by atoms with Crippen LogP contribution in [0.4, 0.5) is 0 Å². The van der Waals surface area contributed by atoms with Crippen molar-refractivity contribution in [2.45, 2.75) is 51.4 Å². The first-order valence-corrected chi connectivity index (χ1v) is 9.04. The van der Waals surface area contributed by atoms with Gasteiger partial charge >= 0.3 is 0 Å². The molecule has 6 nitrogen and oxygen atoms in total. The smallest absolute Gasteiger partial charge is 0.144 e. The van der Waals surface area contributed by atoms with Gasteiger partial charge in [0.15, 0.2) is 0 Å². The summed E-state index contributed by atoms with van der Waals surface area (Å²) in [6, 6.07) is 3.61. The molecule has 0 radical (unpaired) electrons. The molecule has 0 aromatic heterocycles. The van der Waals surface area contributed by atoms with Gasteiger partial charge in [-0.05, 0) is 52.3 Å². The molecule has 8 heteroatoms. The second-order valence-corrected chi connectivity index (χ2v) is 9.44. The molecule has 1 heterocycles. The molecule has 2 rings (SSSR count). The number of fused-ring (bicyclic) bond motifs is 1. The van der Waals surface area contributed by atoms with E-state index >= 15 is 0 Å². The molecule has 0 bridgehead atoms. The number of rotatable bonds is 4. The molecule has 1 unspecified atom stereocenters. The summed E-state index contributed by atoms with van der Waals surface area (Å²) < 4.78 is 22.2. The van der Waals surface area contributed by atoms with Crippen LogP contribution in [-0.2, 0) is 17.8 Å². The fourth-order valence-electron chi connectivity index (χ4n) is 2.44. The van der Waals surface area contributed by atoms with E-state index in [0.717, 1.165) is 11.1 Å². The molecule has 0 fully saturated rings. The highest BCUT2D eigenvalue weighted by Gasteiger charge is 2.37. The van der Waals surface area contributed by atoms with Gasteiger partial charge in [0.25, 0.3) is 0 Å². The van der Waals surface area contributed by atoms with Gasteiger partial charge in [0.1, 0.15) is 27.5 Å². The van der Waals surface area contributed by atoms with Crippen molar-refractivity contribution in [1.82, 2.24) is 0 Å². The van der Waals surface area contributed by atoms with Crippen molar-refractivity contribution < 1.29 is 9.29 Å². The molecule has 1 aliphatic rings. The van der Waals surface area contributed by atoms with Gasteiger partial charge in [-0.1, -0.05) is 21.1 Å². The molecule has 1 aliphatic heterocycles. The molecule has 0 saturated heterocycles. The number of ether oxygens (including phenoxy) is 1. The number of halogens is 1. The SMILES string of the molecule is CC(=N[S+]([O-])C(C)(C)C)c1cc(Cl)cc2c1O[C@@](C)(CN=[N+]=[N-])C2. The third kappa shape index (κ3) is 4.16. The van der Waals surface area contributed by atoms with Crippen LogP contribution in [0.5, 0.6) is 5.75 Å². The topological polar surface area (TPSA) is 93.4 Å². The van der Waals surface area contributed by atoms with Crippen molar-refractivity contribution in [2.24, 2.45) is 9.51 Å². The maximum atomic E-state index is 12.3. The number of azide groups is 1. The largest absolute Gasteiger partial charge is 0.591 e. The van der Waals surface area contributed by atoms with Gasteiger partial charge in [-0.15, -0.1) is 0 Å². The third-order valence-corrected chi connectivity index (χ3v) is 5.35. The maximum Gasteiger partial charge on any atom is 0.144 e. The van der Waals surface area contributed by atoms with Gasteiger partial charge in [0, 0.05) is 27.5 Å². The molecule has 24 heavy (non-hydrogen) atoms. The predicted molar refractivity (Wildman–Crippen MR) is 98.3 cm³/mol. The van der Waals surface area contributed by atoms with Crippen LogP contribution in [0.1, 0.15) is 45.7 Å². The molecular formula is C16H21ClN4O2S. The average Bonchev–Trinajstić information content (AvgIpc) is 2.79. The standard InChI is InChI=1S/C16H21ClN4O2S/c1-10(20-24(22)15(2,3)4)13-7-12(17)6-11-8-16(5,9-19-21-18)23-14(11)13/h6-7H,8-9H2,1-5H3/t16-,24?/m1/s1. The Morgan fingerprint density at radius 2 is 2.17 bits per heavy atom. The van der Waals surface area contributed by atoms with E-state index in [1.165, 1.54) is 0 Å². The van der Waals surface area contributed by atoms with E-state index in [9.17, 15) is 4.55 Å². The highest BCUT2D eigenvalue weighted by atomic mass is 35.5. The fraction of sp³-hybridized carbons (Fsp3) is 0.562. The van der Waals surface area contributed by atoms with Crippen molar-refractivity contribution in [3.8, 4) is 5.75 Å². The van der Waals surface area contributed by atoms with Crippen molar-refractivity contribution in [1.29, 1.82) is 0 Å². The van der Waals surface area contributed by atoms with Gasteiger partial charge in [0.05, 0.1) is 12.3 Å². The average molecular weight is 369 g/mol. The highest BCUT2D eigenvalue weighted by molar-refractivity contribution is 7.91. The van der Waals surface area contributed by atoms with Crippen molar-refractivity contribution in [3.63, 3.8) is 0 Å². The van der Waals surface area contributed by atoms with Gasteiger partial charge in [0.2, 0.25) is 0 Å². The predicted octanol–water partition coefficient (Wildman–Crippen LogP) is 4.62.